The molecule has 2 aromatic rings. The Labute approximate surface area is 140 Å². The maximum atomic E-state index is 12.5. The molecule has 0 atom stereocenters. The smallest absolute Gasteiger partial charge is 0.272 e. The van der Waals surface area contributed by atoms with Gasteiger partial charge in [-0.15, -0.1) is 0 Å². The lowest BCUT2D eigenvalue weighted by atomic mass is 9.95. The Bertz CT molecular complexity index is 763. The number of ether oxygens (including phenoxy) is 2. The molecule has 0 saturated heterocycles. The number of carbonyl (C=O) groups excluding carboxylic acids is 1. The maximum absolute atomic E-state index is 12.5. The third kappa shape index (κ3) is 2.84. The summed E-state index contributed by atoms with van der Waals surface area (Å²) in [6.45, 7) is 0.249. The molecule has 1 saturated carbocycles. The Kier molecular flexibility index (Phi) is 3.88. The molecule has 4 rings (SSSR count). The van der Waals surface area contributed by atoms with Crippen molar-refractivity contribution in [3.63, 3.8) is 0 Å². The molecule has 126 valence electrons. The predicted octanol–water partition coefficient (Wildman–Crippen LogP) is 2.88. The molecule has 0 spiro atoms. The minimum atomic E-state index is -0.0931. The minimum Gasteiger partial charge on any atom is -0.454 e. The number of benzene rings is 1. The molecule has 1 aromatic carbocycles. The van der Waals surface area contributed by atoms with Crippen LogP contribution in [0.25, 0.3) is 11.3 Å². The predicted molar refractivity (Wildman–Crippen MR) is 89.1 cm³/mol. The SMILES string of the molecule is Cn1nc(C(=O)NC2CCCCC2)cc1-c1ccc2c(c1)OCO2. The van der Waals surface area contributed by atoms with Crippen LogP contribution in [0.3, 0.4) is 0 Å². The van der Waals surface area contributed by atoms with Gasteiger partial charge in [0.2, 0.25) is 6.79 Å². The van der Waals surface area contributed by atoms with Gasteiger partial charge in [0.15, 0.2) is 17.2 Å². The van der Waals surface area contributed by atoms with Crippen molar-refractivity contribution >= 4 is 5.91 Å². The minimum absolute atomic E-state index is 0.0931. The van der Waals surface area contributed by atoms with E-state index < -0.39 is 0 Å². The van der Waals surface area contributed by atoms with Crippen molar-refractivity contribution < 1.29 is 14.3 Å². The van der Waals surface area contributed by atoms with Gasteiger partial charge < -0.3 is 14.8 Å². The summed E-state index contributed by atoms with van der Waals surface area (Å²) in [7, 11) is 1.84. The number of nitrogens with zero attached hydrogens (tertiary/aromatic N) is 2. The second kappa shape index (κ2) is 6.19. The Morgan fingerprint density at radius 1 is 1.17 bits per heavy atom. The molecule has 24 heavy (non-hydrogen) atoms. The number of amides is 1. The fraction of sp³-hybridized carbons (Fsp3) is 0.444. The first kappa shape index (κ1) is 15.1. The summed E-state index contributed by atoms with van der Waals surface area (Å²) in [5.74, 6) is 1.38. The zero-order valence-corrected chi connectivity index (χ0v) is 13.7. The molecule has 2 aliphatic rings. The van der Waals surface area contributed by atoms with Gasteiger partial charge in [0, 0.05) is 18.7 Å². The topological polar surface area (TPSA) is 65.4 Å². The van der Waals surface area contributed by atoms with E-state index in [0.29, 0.717) is 5.69 Å². The monoisotopic (exact) mass is 327 g/mol. The van der Waals surface area contributed by atoms with E-state index in [1.54, 1.807) is 4.68 Å². The molecule has 0 bridgehead atoms. The van der Waals surface area contributed by atoms with E-state index in [-0.39, 0.29) is 18.7 Å². The molecular weight excluding hydrogens is 306 g/mol. The van der Waals surface area contributed by atoms with Crippen LogP contribution in [0.2, 0.25) is 0 Å². The van der Waals surface area contributed by atoms with Crippen LogP contribution in [-0.4, -0.2) is 28.5 Å². The highest BCUT2D eigenvalue weighted by atomic mass is 16.7. The summed E-state index contributed by atoms with van der Waals surface area (Å²) in [5.41, 5.74) is 2.28. The van der Waals surface area contributed by atoms with Crippen LogP contribution in [0.5, 0.6) is 11.5 Å². The van der Waals surface area contributed by atoms with Crippen molar-refractivity contribution in [3.05, 3.63) is 30.0 Å². The quantitative estimate of drug-likeness (QED) is 0.941. The van der Waals surface area contributed by atoms with E-state index >= 15 is 0 Å². The lowest BCUT2D eigenvalue weighted by Crippen LogP contribution is -2.36. The van der Waals surface area contributed by atoms with Crippen LogP contribution in [0.1, 0.15) is 42.6 Å². The number of aryl methyl sites for hydroxylation is 1. The Morgan fingerprint density at radius 2 is 1.96 bits per heavy atom. The molecule has 2 heterocycles. The third-order valence-corrected chi connectivity index (χ3v) is 4.72. The Balaban J connectivity index is 1.54. The first-order valence-corrected chi connectivity index (χ1v) is 8.45. The number of aromatic nitrogens is 2. The Hall–Kier alpha value is -2.50. The lowest BCUT2D eigenvalue weighted by molar-refractivity contribution is 0.0922. The molecule has 1 N–H and O–H groups in total. The number of carbonyl (C=O) groups is 1. The second-order valence-corrected chi connectivity index (χ2v) is 6.41. The van der Waals surface area contributed by atoms with Crippen molar-refractivity contribution in [2.75, 3.05) is 6.79 Å². The number of hydrogen-bond acceptors (Lipinski definition) is 4. The van der Waals surface area contributed by atoms with Gasteiger partial charge in [-0.3, -0.25) is 9.48 Å². The number of rotatable bonds is 3. The van der Waals surface area contributed by atoms with Gasteiger partial charge in [0.25, 0.3) is 5.91 Å². The van der Waals surface area contributed by atoms with Gasteiger partial charge in [0.1, 0.15) is 0 Å². The van der Waals surface area contributed by atoms with Crippen molar-refractivity contribution in [2.24, 2.45) is 7.05 Å². The molecule has 1 fully saturated rings. The van der Waals surface area contributed by atoms with E-state index in [1.807, 2.05) is 31.3 Å². The van der Waals surface area contributed by atoms with Crippen LogP contribution in [0.15, 0.2) is 24.3 Å². The van der Waals surface area contributed by atoms with Gasteiger partial charge in [-0.25, -0.2) is 0 Å². The van der Waals surface area contributed by atoms with Gasteiger partial charge in [0.05, 0.1) is 5.69 Å². The van der Waals surface area contributed by atoms with Crippen molar-refractivity contribution in [3.8, 4) is 22.8 Å². The van der Waals surface area contributed by atoms with Crippen molar-refractivity contribution in [2.45, 2.75) is 38.1 Å². The number of hydrogen-bond donors (Lipinski definition) is 1. The van der Waals surface area contributed by atoms with Gasteiger partial charge in [-0.1, -0.05) is 19.3 Å². The zero-order valence-electron chi connectivity index (χ0n) is 13.7. The fourth-order valence-corrected chi connectivity index (χ4v) is 3.41. The molecular formula is C18H21N3O3. The summed E-state index contributed by atoms with van der Waals surface area (Å²) in [6.07, 6.45) is 5.77. The third-order valence-electron chi connectivity index (χ3n) is 4.72. The van der Waals surface area contributed by atoms with Crippen LogP contribution < -0.4 is 14.8 Å². The molecule has 1 aromatic heterocycles. The average Bonchev–Trinajstić information content (AvgIpc) is 3.21. The van der Waals surface area contributed by atoms with Crippen LogP contribution in [-0.2, 0) is 7.05 Å². The molecule has 1 aliphatic heterocycles. The fourth-order valence-electron chi connectivity index (χ4n) is 3.41. The normalized spacial score (nSPS) is 17.0. The highest BCUT2D eigenvalue weighted by Crippen LogP contribution is 2.35. The molecule has 1 amide bonds. The molecule has 0 unspecified atom stereocenters. The Morgan fingerprint density at radius 3 is 2.79 bits per heavy atom. The van der Waals surface area contributed by atoms with Gasteiger partial charge in [-0.2, -0.15) is 5.10 Å². The zero-order chi connectivity index (χ0) is 16.5. The molecule has 0 radical (unpaired) electrons. The summed E-state index contributed by atoms with van der Waals surface area (Å²) < 4.78 is 12.5. The molecule has 6 heteroatoms. The summed E-state index contributed by atoms with van der Waals surface area (Å²) >= 11 is 0. The average molecular weight is 327 g/mol. The first-order chi connectivity index (χ1) is 11.7. The first-order valence-electron chi connectivity index (χ1n) is 8.45. The highest BCUT2D eigenvalue weighted by Gasteiger charge is 2.21. The van der Waals surface area contributed by atoms with Crippen molar-refractivity contribution in [1.29, 1.82) is 0 Å². The standard InChI is InChI=1S/C18H21N3O3/c1-21-15(12-7-8-16-17(9-12)24-11-23-16)10-14(20-21)18(22)19-13-5-3-2-4-6-13/h7-10,13H,2-6,11H2,1H3,(H,19,22). The van der Waals surface area contributed by atoms with Crippen LogP contribution in [0.4, 0.5) is 0 Å². The van der Waals surface area contributed by atoms with Gasteiger partial charge >= 0.3 is 0 Å². The summed E-state index contributed by atoms with van der Waals surface area (Å²) in [5, 5.41) is 7.49. The largest absolute Gasteiger partial charge is 0.454 e. The van der Waals surface area contributed by atoms with Crippen LogP contribution in [0, 0.1) is 0 Å². The second-order valence-electron chi connectivity index (χ2n) is 6.41. The number of nitrogens with one attached hydrogen (secondary N) is 1. The van der Waals surface area contributed by atoms with Gasteiger partial charge in [-0.05, 0) is 37.1 Å². The summed E-state index contributed by atoms with van der Waals surface area (Å²) in [4.78, 5) is 12.5. The summed E-state index contributed by atoms with van der Waals surface area (Å²) in [6, 6.07) is 7.86. The van der Waals surface area contributed by atoms with E-state index in [4.69, 9.17) is 9.47 Å². The van der Waals surface area contributed by atoms with E-state index in [2.05, 4.69) is 10.4 Å². The molecule has 6 nitrogen and oxygen atoms in total. The highest BCUT2D eigenvalue weighted by molar-refractivity contribution is 5.93. The molecule has 1 aliphatic carbocycles. The van der Waals surface area contributed by atoms with Crippen molar-refractivity contribution in [1.82, 2.24) is 15.1 Å². The van der Waals surface area contributed by atoms with E-state index in [1.165, 1.54) is 19.3 Å². The number of fused-ring (bicyclic) bond motifs is 1. The van der Waals surface area contributed by atoms with Crippen LogP contribution >= 0.6 is 0 Å². The van der Waals surface area contributed by atoms with E-state index in [0.717, 1.165) is 35.6 Å². The maximum Gasteiger partial charge on any atom is 0.272 e. The lowest BCUT2D eigenvalue weighted by Gasteiger charge is -2.22. The van der Waals surface area contributed by atoms with E-state index in [9.17, 15) is 4.79 Å².